The predicted octanol–water partition coefficient (Wildman–Crippen LogP) is 3.52. The number of thiophene rings is 1. The van der Waals surface area contributed by atoms with Crippen LogP contribution in [0, 0.1) is 0 Å². The van der Waals surface area contributed by atoms with E-state index in [1.807, 2.05) is 42.5 Å². The topological polar surface area (TPSA) is 69.9 Å². The van der Waals surface area contributed by atoms with Gasteiger partial charge in [0, 0.05) is 37.5 Å². The summed E-state index contributed by atoms with van der Waals surface area (Å²) in [4.78, 5) is 19.5. The van der Waals surface area contributed by atoms with E-state index in [-0.39, 0.29) is 5.91 Å². The number of rotatable bonds is 8. The number of hydrogen-bond donors (Lipinski definition) is 2. The molecule has 3 aromatic rings. The molecule has 0 aliphatic carbocycles. The lowest BCUT2D eigenvalue weighted by Gasteiger charge is -2.12. The van der Waals surface area contributed by atoms with Crippen molar-refractivity contribution >= 4 is 23.2 Å². The first kappa shape index (κ1) is 20.7. The monoisotopic (exact) mass is 410 g/mol. The van der Waals surface area contributed by atoms with Crippen LogP contribution in [-0.4, -0.2) is 37.4 Å². The molecule has 0 aliphatic heterocycles. The van der Waals surface area contributed by atoms with E-state index in [2.05, 4.69) is 22.1 Å². The molecule has 0 bridgehead atoms. The van der Waals surface area contributed by atoms with Crippen molar-refractivity contribution in [3.05, 3.63) is 81.9 Å². The number of nitrogens with zero attached hydrogens (tertiary/aromatic N) is 2. The molecule has 2 heterocycles. The maximum absolute atomic E-state index is 12.0. The van der Waals surface area contributed by atoms with Crippen molar-refractivity contribution in [3.8, 4) is 0 Å². The van der Waals surface area contributed by atoms with Gasteiger partial charge in [-0.15, -0.1) is 11.3 Å². The number of aliphatic imine (C=N–C) groups is 1. The lowest BCUT2D eigenvalue weighted by Crippen LogP contribution is -2.38. The predicted molar refractivity (Wildman–Crippen MR) is 117 cm³/mol. The minimum Gasteiger partial charge on any atom is -0.469 e. The molecule has 0 saturated carbocycles. The first-order valence-corrected chi connectivity index (χ1v) is 10.4. The van der Waals surface area contributed by atoms with Gasteiger partial charge in [-0.3, -0.25) is 4.79 Å². The van der Waals surface area contributed by atoms with Crippen LogP contribution in [0.2, 0.25) is 0 Å². The fourth-order valence-corrected chi connectivity index (χ4v) is 3.34. The lowest BCUT2D eigenvalue weighted by atomic mass is 10.1. The van der Waals surface area contributed by atoms with E-state index < -0.39 is 0 Å². The van der Waals surface area contributed by atoms with Gasteiger partial charge >= 0.3 is 0 Å². The number of amides is 1. The van der Waals surface area contributed by atoms with Gasteiger partial charge in [0.15, 0.2) is 5.96 Å². The second-order valence-electron chi connectivity index (χ2n) is 6.75. The quantitative estimate of drug-likeness (QED) is 0.440. The number of carbonyl (C=O) groups excluding carboxylic acids is 1. The van der Waals surface area contributed by atoms with Crippen LogP contribution in [0.1, 0.15) is 26.6 Å². The van der Waals surface area contributed by atoms with Gasteiger partial charge in [-0.1, -0.05) is 18.2 Å². The normalized spacial score (nSPS) is 11.3. The highest BCUT2D eigenvalue weighted by Gasteiger charge is 2.07. The summed E-state index contributed by atoms with van der Waals surface area (Å²) in [6, 6.07) is 15.6. The fraction of sp³-hybridized carbons (Fsp3) is 0.273. The third kappa shape index (κ3) is 6.50. The van der Waals surface area contributed by atoms with E-state index in [1.54, 1.807) is 36.6 Å². The molecular formula is C22H26N4O2S. The summed E-state index contributed by atoms with van der Waals surface area (Å²) in [5, 5.41) is 8.80. The Morgan fingerprint density at radius 1 is 1.10 bits per heavy atom. The van der Waals surface area contributed by atoms with Crippen LogP contribution in [0.4, 0.5) is 0 Å². The van der Waals surface area contributed by atoms with Crippen LogP contribution in [0.25, 0.3) is 0 Å². The maximum atomic E-state index is 12.0. The summed E-state index contributed by atoms with van der Waals surface area (Å²) in [6.45, 7) is 1.97. The van der Waals surface area contributed by atoms with Gasteiger partial charge < -0.3 is 20.0 Å². The van der Waals surface area contributed by atoms with E-state index >= 15 is 0 Å². The zero-order valence-electron chi connectivity index (χ0n) is 16.7. The van der Waals surface area contributed by atoms with Gasteiger partial charge in [-0.25, -0.2) is 4.99 Å². The Bertz CT molecular complexity index is 901. The summed E-state index contributed by atoms with van der Waals surface area (Å²) < 4.78 is 5.38. The largest absolute Gasteiger partial charge is 0.469 e. The SMILES string of the molecule is CN(C)C(=O)c1ccc(CN=C(NCCc2ccco2)NCc2cccs2)cc1. The summed E-state index contributed by atoms with van der Waals surface area (Å²) in [5.41, 5.74) is 1.72. The maximum Gasteiger partial charge on any atom is 0.253 e. The summed E-state index contributed by atoms with van der Waals surface area (Å²) in [6.07, 6.45) is 2.47. The molecule has 0 fully saturated rings. The first-order valence-electron chi connectivity index (χ1n) is 9.49. The Morgan fingerprint density at radius 3 is 2.59 bits per heavy atom. The van der Waals surface area contributed by atoms with Crippen molar-refractivity contribution in [1.29, 1.82) is 0 Å². The lowest BCUT2D eigenvalue weighted by molar-refractivity contribution is 0.0827. The molecule has 0 radical (unpaired) electrons. The van der Waals surface area contributed by atoms with Crippen molar-refractivity contribution in [3.63, 3.8) is 0 Å². The van der Waals surface area contributed by atoms with Gasteiger partial charge in [0.1, 0.15) is 5.76 Å². The summed E-state index contributed by atoms with van der Waals surface area (Å²) in [5.74, 6) is 1.69. The van der Waals surface area contributed by atoms with Gasteiger partial charge in [-0.2, -0.15) is 0 Å². The highest BCUT2D eigenvalue weighted by atomic mass is 32.1. The van der Waals surface area contributed by atoms with Gasteiger partial charge in [0.05, 0.1) is 19.4 Å². The zero-order chi connectivity index (χ0) is 20.5. The highest BCUT2D eigenvalue weighted by Crippen LogP contribution is 2.09. The Labute approximate surface area is 175 Å². The van der Waals surface area contributed by atoms with Crippen LogP contribution in [0.15, 0.2) is 69.6 Å². The molecule has 3 rings (SSSR count). The average molecular weight is 411 g/mol. The molecule has 152 valence electrons. The molecular weight excluding hydrogens is 384 g/mol. The second kappa shape index (κ2) is 10.5. The Balaban J connectivity index is 1.60. The zero-order valence-corrected chi connectivity index (χ0v) is 17.5. The van der Waals surface area contributed by atoms with E-state index in [9.17, 15) is 4.79 Å². The standard InChI is InChI=1S/C22H26N4O2S/c1-26(2)21(27)18-9-7-17(8-10-18)15-24-22(25-16-20-6-4-14-29-20)23-12-11-19-5-3-13-28-19/h3-10,13-14H,11-12,15-16H2,1-2H3,(H2,23,24,25). The molecule has 29 heavy (non-hydrogen) atoms. The van der Waals surface area contributed by atoms with Gasteiger partial charge in [0.25, 0.3) is 5.91 Å². The minimum atomic E-state index is -0.00190. The van der Waals surface area contributed by atoms with Crippen LogP contribution in [0.5, 0.6) is 0 Å². The van der Waals surface area contributed by atoms with Crippen molar-refractivity contribution < 1.29 is 9.21 Å². The fourth-order valence-electron chi connectivity index (χ4n) is 2.70. The number of guanidine groups is 1. The Morgan fingerprint density at radius 2 is 1.93 bits per heavy atom. The minimum absolute atomic E-state index is 0.00190. The van der Waals surface area contributed by atoms with Crippen molar-refractivity contribution in [2.75, 3.05) is 20.6 Å². The molecule has 6 nitrogen and oxygen atoms in total. The van der Waals surface area contributed by atoms with E-state index in [0.29, 0.717) is 12.1 Å². The highest BCUT2D eigenvalue weighted by molar-refractivity contribution is 7.09. The second-order valence-corrected chi connectivity index (χ2v) is 7.78. The van der Waals surface area contributed by atoms with Crippen molar-refractivity contribution in [2.24, 2.45) is 4.99 Å². The first-order chi connectivity index (χ1) is 14.1. The number of furan rings is 1. The Kier molecular flexibility index (Phi) is 7.47. The van der Waals surface area contributed by atoms with E-state index in [0.717, 1.165) is 36.8 Å². The van der Waals surface area contributed by atoms with E-state index in [4.69, 9.17) is 9.41 Å². The number of carbonyl (C=O) groups is 1. The van der Waals surface area contributed by atoms with Crippen LogP contribution in [-0.2, 0) is 19.5 Å². The molecule has 0 unspecified atom stereocenters. The molecule has 1 aromatic carbocycles. The van der Waals surface area contributed by atoms with Gasteiger partial charge in [0.2, 0.25) is 0 Å². The van der Waals surface area contributed by atoms with Crippen LogP contribution in [0.3, 0.4) is 0 Å². The average Bonchev–Trinajstić information content (AvgIpc) is 3.43. The Hall–Kier alpha value is -3.06. The third-order valence-electron chi connectivity index (χ3n) is 4.28. The number of hydrogen-bond acceptors (Lipinski definition) is 4. The van der Waals surface area contributed by atoms with Gasteiger partial charge in [-0.05, 0) is 41.3 Å². The number of benzene rings is 1. The molecule has 0 aliphatic rings. The summed E-state index contributed by atoms with van der Waals surface area (Å²) >= 11 is 1.71. The molecule has 1 amide bonds. The molecule has 7 heteroatoms. The van der Waals surface area contributed by atoms with E-state index in [1.165, 1.54) is 4.88 Å². The summed E-state index contributed by atoms with van der Waals surface area (Å²) in [7, 11) is 3.50. The van der Waals surface area contributed by atoms with Crippen LogP contribution >= 0.6 is 11.3 Å². The molecule has 0 spiro atoms. The third-order valence-corrected chi connectivity index (χ3v) is 5.16. The van der Waals surface area contributed by atoms with Crippen molar-refractivity contribution in [2.45, 2.75) is 19.5 Å². The smallest absolute Gasteiger partial charge is 0.253 e. The molecule has 2 N–H and O–H groups in total. The molecule has 0 atom stereocenters. The van der Waals surface area contributed by atoms with Crippen LogP contribution < -0.4 is 10.6 Å². The molecule has 2 aromatic heterocycles. The number of nitrogens with one attached hydrogen (secondary N) is 2. The molecule has 0 saturated heterocycles. The van der Waals surface area contributed by atoms with Crippen molar-refractivity contribution in [1.82, 2.24) is 15.5 Å².